The largest absolute Gasteiger partial charge is 0.513 e. The standard InChI is InChI=1S/C35H33F3O12/c1-3-5-6-20-45-33(42)48-25-13-9-23(10-14-25)31(40)47-27-17-18-29(28(22-27)35(36,37)38)50-32(41)24-11-15-26(16-12-24)49-34(43)46-21-8-7-19-44-30(39)4-2/h4,9-18,22H,2-3,5-8,19-21H2,1H3. The summed E-state index contributed by atoms with van der Waals surface area (Å²) < 4.78 is 76.4. The molecule has 15 heteroatoms. The van der Waals surface area contributed by atoms with Crippen molar-refractivity contribution in [3.05, 3.63) is 96.1 Å². The molecule has 0 radical (unpaired) electrons. The van der Waals surface area contributed by atoms with E-state index in [1.807, 2.05) is 6.92 Å². The molecule has 0 bridgehead atoms. The first-order valence-electron chi connectivity index (χ1n) is 15.2. The van der Waals surface area contributed by atoms with Crippen LogP contribution in [-0.2, 0) is 25.2 Å². The van der Waals surface area contributed by atoms with Crippen LogP contribution in [0.5, 0.6) is 23.0 Å². The van der Waals surface area contributed by atoms with Crippen molar-refractivity contribution in [2.75, 3.05) is 19.8 Å². The van der Waals surface area contributed by atoms with Crippen LogP contribution < -0.4 is 18.9 Å². The highest BCUT2D eigenvalue weighted by Gasteiger charge is 2.36. The first kappa shape index (κ1) is 38.6. The van der Waals surface area contributed by atoms with E-state index in [1.54, 1.807) is 0 Å². The Kier molecular flexibility index (Phi) is 14.8. The van der Waals surface area contributed by atoms with E-state index in [0.29, 0.717) is 25.3 Å². The fraction of sp³-hybridized carbons (Fsp3) is 0.286. The first-order chi connectivity index (χ1) is 23.9. The molecule has 0 saturated heterocycles. The monoisotopic (exact) mass is 702 g/mol. The second-order valence-electron chi connectivity index (χ2n) is 10.2. The molecule has 3 aromatic carbocycles. The number of carbonyl (C=O) groups excluding carboxylic acids is 5. The summed E-state index contributed by atoms with van der Waals surface area (Å²) in [5.74, 6) is -4.01. The molecule has 0 heterocycles. The molecule has 0 saturated carbocycles. The van der Waals surface area contributed by atoms with Crippen molar-refractivity contribution >= 4 is 30.2 Å². The summed E-state index contributed by atoms with van der Waals surface area (Å²) in [4.78, 5) is 59.8. The Morgan fingerprint density at radius 2 is 1.08 bits per heavy atom. The number of benzene rings is 3. The summed E-state index contributed by atoms with van der Waals surface area (Å²) in [6, 6.07) is 12.1. The van der Waals surface area contributed by atoms with Gasteiger partial charge in [-0.2, -0.15) is 13.2 Å². The molecule has 0 aliphatic heterocycles. The maximum atomic E-state index is 13.9. The summed E-state index contributed by atoms with van der Waals surface area (Å²) in [5.41, 5.74) is -1.61. The smallest absolute Gasteiger partial charge is 0.463 e. The van der Waals surface area contributed by atoms with Crippen LogP contribution in [0, 0.1) is 0 Å². The molecule has 0 unspecified atom stereocenters. The molecule has 3 aromatic rings. The summed E-state index contributed by atoms with van der Waals surface area (Å²) in [6.45, 7) is 5.56. The molecule has 266 valence electrons. The third-order valence-corrected chi connectivity index (χ3v) is 6.39. The summed E-state index contributed by atoms with van der Waals surface area (Å²) >= 11 is 0. The van der Waals surface area contributed by atoms with Crippen LogP contribution in [0.15, 0.2) is 79.4 Å². The van der Waals surface area contributed by atoms with E-state index in [-0.39, 0.29) is 42.4 Å². The molecule has 0 N–H and O–H groups in total. The highest BCUT2D eigenvalue weighted by atomic mass is 19.4. The SMILES string of the molecule is C=CC(=O)OCCCCOC(=O)Oc1ccc(C(=O)Oc2ccc(OC(=O)c3ccc(OC(=O)OCCCCC)cc3)cc2C(F)(F)F)cc1. The van der Waals surface area contributed by atoms with Gasteiger partial charge in [-0.3, -0.25) is 0 Å². The number of halogens is 3. The predicted octanol–water partition coefficient (Wildman–Crippen LogP) is 7.87. The van der Waals surface area contributed by atoms with E-state index in [9.17, 15) is 37.1 Å². The van der Waals surface area contributed by atoms with E-state index in [1.165, 1.54) is 36.4 Å². The molecule has 3 rings (SSSR count). The van der Waals surface area contributed by atoms with Gasteiger partial charge in [0.1, 0.15) is 28.6 Å². The summed E-state index contributed by atoms with van der Waals surface area (Å²) in [6.07, 6.45) is -2.60. The lowest BCUT2D eigenvalue weighted by Crippen LogP contribution is -2.15. The van der Waals surface area contributed by atoms with Crippen molar-refractivity contribution in [3.63, 3.8) is 0 Å². The topological polar surface area (TPSA) is 150 Å². The quantitative estimate of drug-likeness (QED) is 0.0357. The zero-order valence-electron chi connectivity index (χ0n) is 26.8. The van der Waals surface area contributed by atoms with Gasteiger partial charge in [0, 0.05) is 6.08 Å². The summed E-state index contributed by atoms with van der Waals surface area (Å²) in [7, 11) is 0. The average Bonchev–Trinajstić information content (AvgIpc) is 3.08. The lowest BCUT2D eigenvalue weighted by Gasteiger charge is -2.15. The van der Waals surface area contributed by atoms with Gasteiger partial charge in [-0.15, -0.1) is 0 Å². The van der Waals surface area contributed by atoms with Gasteiger partial charge in [-0.05, 0) is 86.0 Å². The third kappa shape index (κ3) is 13.0. The Labute approximate surface area is 284 Å². The summed E-state index contributed by atoms with van der Waals surface area (Å²) in [5, 5.41) is 0. The van der Waals surface area contributed by atoms with E-state index < -0.39 is 53.5 Å². The average molecular weight is 703 g/mol. The van der Waals surface area contributed by atoms with Gasteiger partial charge in [-0.25, -0.2) is 24.0 Å². The zero-order chi connectivity index (χ0) is 36.5. The van der Waals surface area contributed by atoms with Gasteiger partial charge in [-0.1, -0.05) is 26.3 Å². The van der Waals surface area contributed by atoms with Crippen LogP contribution in [0.25, 0.3) is 0 Å². The first-order valence-corrected chi connectivity index (χ1v) is 15.2. The molecule has 0 aliphatic rings. The molecule has 0 fully saturated rings. The van der Waals surface area contributed by atoms with E-state index in [2.05, 4.69) is 6.58 Å². The fourth-order valence-electron chi connectivity index (χ4n) is 3.88. The molecule has 0 spiro atoms. The lowest BCUT2D eigenvalue weighted by molar-refractivity contribution is -0.139. The number of carbonyl (C=O) groups is 5. The molecule has 50 heavy (non-hydrogen) atoms. The molecule has 12 nitrogen and oxygen atoms in total. The minimum absolute atomic E-state index is 0.0175. The normalized spacial score (nSPS) is 10.7. The second kappa shape index (κ2) is 19.2. The molecule has 0 aromatic heterocycles. The highest BCUT2D eigenvalue weighted by Crippen LogP contribution is 2.39. The number of hydrogen-bond acceptors (Lipinski definition) is 12. The van der Waals surface area contributed by atoms with Crippen LogP contribution in [0.4, 0.5) is 22.8 Å². The van der Waals surface area contributed by atoms with Gasteiger partial charge in [0.2, 0.25) is 0 Å². The van der Waals surface area contributed by atoms with Crippen molar-refractivity contribution < 1.29 is 70.3 Å². The van der Waals surface area contributed by atoms with Crippen LogP contribution in [-0.4, -0.2) is 50.0 Å². The Bertz CT molecular complexity index is 1630. The highest BCUT2D eigenvalue weighted by molar-refractivity contribution is 5.92. The van der Waals surface area contributed by atoms with Crippen LogP contribution in [0.3, 0.4) is 0 Å². The molecule has 0 atom stereocenters. The predicted molar refractivity (Wildman–Crippen MR) is 168 cm³/mol. The minimum atomic E-state index is -5.00. The molecule has 0 amide bonds. The van der Waals surface area contributed by atoms with Gasteiger partial charge in [0.05, 0.1) is 30.9 Å². The number of unbranched alkanes of at least 4 members (excludes halogenated alkanes) is 3. The number of rotatable bonds is 16. The van der Waals surface area contributed by atoms with Crippen LogP contribution >= 0.6 is 0 Å². The molecular weight excluding hydrogens is 669 g/mol. The van der Waals surface area contributed by atoms with Crippen LogP contribution in [0.1, 0.15) is 65.3 Å². The lowest BCUT2D eigenvalue weighted by atomic mass is 10.1. The van der Waals surface area contributed by atoms with Gasteiger partial charge in [0.15, 0.2) is 0 Å². The number of esters is 3. The van der Waals surface area contributed by atoms with Crippen molar-refractivity contribution in [2.45, 2.75) is 45.2 Å². The van der Waals surface area contributed by atoms with Crippen molar-refractivity contribution in [3.8, 4) is 23.0 Å². The Balaban J connectivity index is 1.55. The van der Waals surface area contributed by atoms with Crippen LogP contribution in [0.2, 0.25) is 0 Å². The second-order valence-corrected chi connectivity index (χ2v) is 10.2. The van der Waals surface area contributed by atoms with Crippen molar-refractivity contribution in [1.29, 1.82) is 0 Å². The fourth-order valence-corrected chi connectivity index (χ4v) is 3.88. The number of hydrogen-bond donors (Lipinski definition) is 0. The molecular formula is C35H33F3O12. The van der Waals surface area contributed by atoms with E-state index in [4.69, 9.17) is 33.2 Å². The van der Waals surface area contributed by atoms with Crippen molar-refractivity contribution in [1.82, 2.24) is 0 Å². The Morgan fingerprint density at radius 1 is 0.620 bits per heavy atom. The van der Waals surface area contributed by atoms with Gasteiger partial charge >= 0.3 is 36.4 Å². The number of ether oxygens (including phenoxy) is 7. The number of alkyl halides is 3. The zero-order valence-corrected chi connectivity index (χ0v) is 26.8. The Morgan fingerprint density at radius 3 is 1.56 bits per heavy atom. The van der Waals surface area contributed by atoms with Gasteiger partial charge < -0.3 is 33.2 Å². The molecule has 0 aliphatic carbocycles. The van der Waals surface area contributed by atoms with E-state index >= 15 is 0 Å². The van der Waals surface area contributed by atoms with Crippen molar-refractivity contribution in [2.24, 2.45) is 0 Å². The Hall–Kier alpha value is -5.86. The minimum Gasteiger partial charge on any atom is -0.463 e. The van der Waals surface area contributed by atoms with Gasteiger partial charge in [0.25, 0.3) is 0 Å². The van der Waals surface area contributed by atoms with E-state index in [0.717, 1.165) is 43.2 Å². The third-order valence-electron chi connectivity index (χ3n) is 6.39. The maximum Gasteiger partial charge on any atom is 0.513 e. The maximum absolute atomic E-state index is 13.9.